The maximum Gasteiger partial charge on any atom is 0.306 e. The van der Waals surface area contributed by atoms with Crippen molar-refractivity contribution in [1.82, 2.24) is 0 Å². The van der Waals surface area contributed by atoms with Crippen molar-refractivity contribution in [2.45, 2.75) is 31.1 Å². The van der Waals surface area contributed by atoms with E-state index in [-0.39, 0.29) is 25.3 Å². The highest BCUT2D eigenvalue weighted by Crippen LogP contribution is 2.23. The quantitative estimate of drug-likeness (QED) is 0.418. The molecular formula is C16H20N2O3S. The van der Waals surface area contributed by atoms with E-state index in [0.29, 0.717) is 5.69 Å². The zero-order valence-corrected chi connectivity index (χ0v) is 13.7. The summed E-state index contributed by atoms with van der Waals surface area (Å²) in [4.78, 5) is 25.8. The first-order valence-corrected chi connectivity index (χ1v) is 8.08. The van der Waals surface area contributed by atoms with E-state index in [1.165, 1.54) is 12.0 Å². The lowest BCUT2D eigenvalue weighted by Gasteiger charge is -2.19. The fourth-order valence-corrected chi connectivity index (χ4v) is 2.55. The predicted molar refractivity (Wildman–Crippen MR) is 86.7 cm³/mol. The molecule has 0 aromatic heterocycles. The third-order valence-electron chi connectivity index (χ3n) is 2.92. The lowest BCUT2D eigenvalue weighted by Crippen LogP contribution is -2.31. The minimum absolute atomic E-state index is 0.0156. The second-order valence-electron chi connectivity index (χ2n) is 4.56. The number of anilines is 1. The summed E-state index contributed by atoms with van der Waals surface area (Å²) in [6, 6.07) is 9.51. The highest BCUT2D eigenvalue weighted by molar-refractivity contribution is 7.99. The topological polar surface area (TPSA) is 70.4 Å². The Labute approximate surface area is 135 Å². The van der Waals surface area contributed by atoms with Crippen LogP contribution in [-0.2, 0) is 14.3 Å². The molecule has 0 saturated carbocycles. The second-order valence-corrected chi connectivity index (χ2v) is 5.72. The molecule has 0 unspecified atom stereocenters. The Morgan fingerprint density at radius 1 is 1.27 bits per heavy atom. The largest absolute Gasteiger partial charge is 0.469 e. The van der Waals surface area contributed by atoms with Gasteiger partial charge in [-0.2, -0.15) is 5.26 Å². The summed E-state index contributed by atoms with van der Waals surface area (Å²) in [6.07, 6.45) is 1.14. The summed E-state index contributed by atoms with van der Waals surface area (Å²) in [5.41, 5.74) is 0.664. The van der Waals surface area contributed by atoms with Crippen LogP contribution in [0.4, 0.5) is 5.69 Å². The monoisotopic (exact) mass is 320 g/mol. The van der Waals surface area contributed by atoms with Crippen LogP contribution in [0, 0.1) is 11.3 Å². The molecule has 0 saturated heterocycles. The molecule has 0 atom stereocenters. The number of rotatable bonds is 8. The van der Waals surface area contributed by atoms with Crippen LogP contribution >= 0.6 is 11.8 Å². The number of amides is 1. The number of hydrogen-bond donors (Lipinski definition) is 0. The van der Waals surface area contributed by atoms with E-state index in [2.05, 4.69) is 11.7 Å². The van der Waals surface area contributed by atoms with Crippen molar-refractivity contribution in [3.05, 3.63) is 24.3 Å². The maximum absolute atomic E-state index is 12.2. The van der Waals surface area contributed by atoms with E-state index < -0.39 is 5.97 Å². The SMILES string of the molecule is CCCSc1ccc(N(CC#N)C(=O)CCC(=O)OC)cc1. The average Bonchev–Trinajstić information content (AvgIpc) is 2.55. The van der Waals surface area contributed by atoms with Crippen molar-refractivity contribution in [1.29, 1.82) is 5.26 Å². The Kier molecular flexibility index (Phi) is 8.08. The molecule has 0 N–H and O–H groups in total. The standard InChI is InChI=1S/C16H20N2O3S/c1-3-12-22-14-6-4-13(5-7-14)18(11-10-17)15(19)8-9-16(20)21-2/h4-7H,3,8-9,11-12H2,1-2H3. The zero-order valence-electron chi connectivity index (χ0n) is 12.9. The number of methoxy groups -OCH3 is 1. The number of nitriles is 1. The predicted octanol–water partition coefficient (Wildman–Crippen LogP) is 3.00. The molecule has 0 spiro atoms. The summed E-state index contributed by atoms with van der Waals surface area (Å²) in [7, 11) is 1.28. The lowest BCUT2D eigenvalue weighted by molar-refractivity contribution is -0.141. The first kappa shape index (κ1) is 18.1. The molecule has 0 aliphatic rings. The summed E-state index contributed by atoms with van der Waals surface area (Å²) in [5.74, 6) is 0.344. The van der Waals surface area contributed by atoms with E-state index in [0.717, 1.165) is 17.1 Å². The van der Waals surface area contributed by atoms with Gasteiger partial charge in [0.05, 0.1) is 19.6 Å². The Morgan fingerprint density at radius 2 is 1.95 bits per heavy atom. The smallest absolute Gasteiger partial charge is 0.306 e. The normalized spacial score (nSPS) is 9.86. The summed E-state index contributed by atoms with van der Waals surface area (Å²) in [5, 5.41) is 8.90. The van der Waals surface area contributed by atoms with Crippen molar-refractivity contribution in [2.24, 2.45) is 0 Å². The van der Waals surface area contributed by atoms with Crippen LogP contribution in [0.2, 0.25) is 0 Å². The van der Waals surface area contributed by atoms with Gasteiger partial charge < -0.3 is 4.74 Å². The van der Waals surface area contributed by atoms with Gasteiger partial charge in [-0.05, 0) is 36.4 Å². The van der Waals surface area contributed by atoms with Crippen molar-refractivity contribution < 1.29 is 14.3 Å². The Hall–Kier alpha value is -2.00. The summed E-state index contributed by atoms with van der Waals surface area (Å²) >= 11 is 1.75. The van der Waals surface area contributed by atoms with E-state index in [9.17, 15) is 9.59 Å². The second kappa shape index (κ2) is 9.85. The third-order valence-corrected chi connectivity index (χ3v) is 4.14. The van der Waals surface area contributed by atoms with Gasteiger partial charge in [0.15, 0.2) is 0 Å². The van der Waals surface area contributed by atoms with Crippen LogP contribution in [0.1, 0.15) is 26.2 Å². The third kappa shape index (κ3) is 5.78. The van der Waals surface area contributed by atoms with Gasteiger partial charge in [-0.25, -0.2) is 0 Å². The minimum Gasteiger partial charge on any atom is -0.469 e. The number of ether oxygens (including phenoxy) is 1. The number of esters is 1. The summed E-state index contributed by atoms with van der Waals surface area (Å²) in [6.45, 7) is 2.08. The number of thioether (sulfide) groups is 1. The number of nitrogens with zero attached hydrogens (tertiary/aromatic N) is 2. The van der Waals surface area contributed by atoms with Crippen LogP contribution in [0.15, 0.2) is 29.2 Å². The van der Waals surface area contributed by atoms with Crippen LogP contribution in [0.25, 0.3) is 0 Å². The van der Waals surface area contributed by atoms with E-state index in [1.807, 2.05) is 30.3 Å². The van der Waals surface area contributed by atoms with Gasteiger partial charge in [0.1, 0.15) is 6.54 Å². The van der Waals surface area contributed by atoms with E-state index in [1.54, 1.807) is 11.8 Å². The fraction of sp³-hybridized carbons (Fsp3) is 0.438. The van der Waals surface area contributed by atoms with E-state index >= 15 is 0 Å². The van der Waals surface area contributed by atoms with Crippen molar-refractivity contribution in [3.63, 3.8) is 0 Å². The molecule has 0 aliphatic carbocycles. The Bertz CT molecular complexity index is 537. The molecule has 118 valence electrons. The Morgan fingerprint density at radius 3 is 2.50 bits per heavy atom. The molecule has 5 nitrogen and oxygen atoms in total. The molecule has 1 aromatic carbocycles. The molecule has 22 heavy (non-hydrogen) atoms. The van der Waals surface area contributed by atoms with Crippen molar-refractivity contribution in [3.8, 4) is 6.07 Å². The van der Waals surface area contributed by atoms with Gasteiger partial charge in [-0.1, -0.05) is 6.92 Å². The van der Waals surface area contributed by atoms with Crippen LogP contribution < -0.4 is 4.90 Å². The maximum atomic E-state index is 12.2. The minimum atomic E-state index is -0.434. The van der Waals surface area contributed by atoms with E-state index in [4.69, 9.17) is 5.26 Å². The number of carbonyl (C=O) groups is 2. The summed E-state index contributed by atoms with van der Waals surface area (Å²) < 4.78 is 4.52. The highest BCUT2D eigenvalue weighted by atomic mass is 32.2. The number of carbonyl (C=O) groups excluding carboxylic acids is 2. The molecule has 6 heteroatoms. The molecule has 1 rings (SSSR count). The first-order valence-electron chi connectivity index (χ1n) is 7.09. The molecule has 1 aromatic rings. The Balaban J connectivity index is 2.75. The van der Waals surface area contributed by atoms with Crippen molar-refractivity contribution in [2.75, 3.05) is 24.3 Å². The molecule has 0 aliphatic heterocycles. The molecule has 0 heterocycles. The molecule has 0 bridgehead atoms. The molecule has 1 amide bonds. The first-order chi connectivity index (χ1) is 10.6. The molecule has 0 fully saturated rings. The van der Waals surface area contributed by atoms with Crippen molar-refractivity contribution >= 4 is 29.3 Å². The number of hydrogen-bond acceptors (Lipinski definition) is 5. The lowest BCUT2D eigenvalue weighted by atomic mass is 10.2. The average molecular weight is 320 g/mol. The van der Waals surface area contributed by atoms with Gasteiger partial charge in [0.25, 0.3) is 0 Å². The van der Waals surface area contributed by atoms with Gasteiger partial charge in [0.2, 0.25) is 5.91 Å². The molecular weight excluding hydrogens is 300 g/mol. The highest BCUT2D eigenvalue weighted by Gasteiger charge is 2.17. The van der Waals surface area contributed by atoms with Crippen LogP contribution in [-0.4, -0.2) is 31.3 Å². The fourth-order valence-electron chi connectivity index (χ4n) is 1.78. The van der Waals surface area contributed by atoms with Gasteiger partial charge >= 0.3 is 5.97 Å². The van der Waals surface area contributed by atoms with Crippen LogP contribution in [0.5, 0.6) is 0 Å². The van der Waals surface area contributed by atoms with Gasteiger partial charge in [0, 0.05) is 17.0 Å². The molecule has 0 radical (unpaired) electrons. The van der Waals surface area contributed by atoms with Gasteiger partial charge in [-0.15, -0.1) is 11.8 Å². The zero-order chi connectivity index (χ0) is 16.4. The van der Waals surface area contributed by atoms with Gasteiger partial charge in [-0.3, -0.25) is 14.5 Å². The van der Waals surface area contributed by atoms with Crippen LogP contribution in [0.3, 0.4) is 0 Å². The number of benzene rings is 1.